The van der Waals surface area contributed by atoms with Crippen molar-refractivity contribution < 1.29 is 17.9 Å². The van der Waals surface area contributed by atoms with Crippen LogP contribution in [0.15, 0.2) is 12.1 Å². The van der Waals surface area contributed by atoms with Crippen molar-refractivity contribution in [3.8, 4) is 5.75 Å². The molecule has 1 rings (SSSR count). The SMILES string of the molecule is CC(C)c1c(OC(F)F)ccc(Cl)c1F. The first kappa shape index (κ1) is 12.2. The highest BCUT2D eigenvalue weighted by atomic mass is 35.5. The Kier molecular flexibility index (Phi) is 3.85. The van der Waals surface area contributed by atoms with Gasteiger partial charge in [0.05, 0.1) is 5.02 Å². The summed E-state index contributed by atoms with van der Waals surface area (Å²) in [5, 5.41) is -0.0969. The van der Waals surface area contributed by atoms with Gasteiger partial charge in [-0.3, -0.25) is 0 Å². The van der Waals surface area contributed by atoms with Crippen molar-refractivity contribution in [2.75, 3.05) is 0 Å². The van der Waals surface area contributed by atoms with E-state index in [-0.39, 0.29) is 22.3 Å². The molecule has 15 heavy (non-hydrogen) atoms. The van der Waals surface area contributed by atoms with Crippen LogP contribution >= 0.6 is 11.6 Å². The number of benzene rings is 1. The first-order valence-electron chi connectivity index (χ1n) is 4.36. The summed E-state index contributed by atoms with van der Waals surface area (Å²) < 4.78 is 41.8. The van der Waals surface area contributed by atoms with Crippen LogP contribution in [0.5, 0.6) is 5.75 Å². The molecule has 0 aliphatic rings. The zero-order valence-electron chi connectivity index (χ0n) is 8.23. The van der Waals surface area contributed by atoms with Gasteiger partial charge in [0.25, 0.3) is 0 Å². The summed E-state index contributed by atoms with van der Waals surface area (Å²) >= 11 is 5.55. The molecule has 84 valence electrons. The van der Waals surface area contributed by atoms with Gasteiger partial charge in [-0.05, 0) is 18.1 Å². The zero-order valence-corrected chi connectivity index (χ0v) is 8.99. The van der Waals surface area contributed by atoms with Gasteiger partial charge < -0.3 is 4.74 Å². The minimum Gasteiger partial charge on any atom is -0.434 e. The average Bonchev–Trinajstić information content (AvgIpc) is 2.10. The Morgan fingerprint density at radius 2 is 1.87 bits per heavy atom. The lowest BCUT2D eigenvalue weighted by Gasteiger charge is -2.14. The molecule has 5 heteroatoms. The molecule has 0 aliphatic heterocycles. The average molecular weight is 239 g/mol. The van der Waals surface area contributed by atoms with Crippen LogP contribution < -0.4 is 4.74 Å². The lowest BCUT2D eigenvalue weighted by Crippen LogP contribution is -2.07. The predicted octanol–water partition coefficient (Wildman–Crippen LogP) is 4.20. The van der Waals surface area contributed by atoms with Gasteiger partial charge in [-0.15, -0.1) is 0 Å². The van der Waals surface area contributed by atoms with Crippen molar-refractivity contribution in [1.29, 1.82) is 0 Å². The smallest absolute Gasteiger partial charge is 0.387 e. The molecule has 0 aromatic heterocycles. The predicted molar refractivity (Wildman–Crippen MR) is 52.1 cm³/mol. The monoisotopic (exact) mass is 238 g/mol. The van der Waals surface area contributed by atoms with Crippen molar-refractivity contribution in [3.05, 3.63) is 28.5 Å². The molecule has 1 aromatic carbocycles. The Bertz CT molecular complexity index is 353. The molecule has 0 atom stereocenters. The molecular weight excluding hydrogens is 229 g/mol. The van der Waals surface area contributed by atoms with Crippen LogP contribution in [-0.4, -0.2) is 6.61 Å². The summed E-state index contributed by atoms with van der Waals surface area (Å²) in [6.07, 6.45) is 0. The fraction of sp³-hybridized carbons (Fsp3) is 0.400. The standard InChI is InChI=1S/C10H10ClF3O/c1-5(2)8-7(15-10(13)14)4-3-6(11)9(8)12/h3-5,10H,1-2H3. The molecule has 0 spiro atoms. The summed E-state index contributed by atoms with van der Waals surface area (Å²) in [6, 6.07) is 2.44. The van der Waals surface area contributed by atoms with E-state index >= 15 is 0 Å². The van der Waals surface area contributed by atoms with Crippen LogP contribution in [0.25, 0.3) is 0 Å². The Hall–Kier alpha value is -0.900. The van der Waals surface area contributed by atoms with Crippen LogP contribution in [-0.2, 0) is 0 Å². The van der Waals surface area contributed by atoms with Gasteiger partial charge in [-0.1, -0.05) is 25.4 Å². The molecule has 1 nitrogen and oxygen atoms in total. The van der Waals surface area contributed by atoms with E-state index in [0.29, 0.717) is 0 Å². The number of ether oxygens (including phenoxy) is 1. The first-order valence-corrected chi connectivity index (χ1v) is 4.74. The minimum atomic E-state index is -2.97. The second-order valence-corrected chi connectivity index (χ2v) is 3.71. The van der Waals surface area contributed by atoms with Crippen molar-refractivity contribution in [2.45, 2.75) is 26.4 Å². The van der Waals surface area contributed by atoms with E-state index in [1.165, 1.54) is 12.1 Å². The third-order valence-electron chi connectivity index (χ3n) is 1.89. The van der Waals surface area contributed by atoms with Crippen molar-refractivity contribution in [2.24, 2.45) is 0 Å². The quantitative estimate of drug-likeness (QED) is 0.767. The van der Waals surface area contributed by atoms with E-state index in [0.717, 1.165) is 0 Å². The van der Waals surface area contributed by atoms with Gasteiger partial charge in [0.2, 0.25) is 0 Å². The Labute approximate surface area is 90.8 Å². The molecule has 0 heterocycles. The topological polar surface area (TPSA) is 9.23 Å². The lowest BCUT2D eigenvalue weighted by molar-refractivity contribution is -0.0507. The number of hydrogen-bond acceptors (Lipinski definition) is 1. The van der Waals surface area contributed by atoms with Gasteiger partial charge in [0.1, 0.15) is 11.6 Å². The zero-order chi connectivity index (χ0) is 11.6. The van der Waals surface area contributed by atoms with Gasteiger partial charge in [0.15, 0.2) is 0 Å². The molecule has 0 radical (unpaired) electrons. The molecule has 0 N–H and O–H groups in total. The highest BCUT2D eigenvalue weighted by Gasteiger charge is 2.18. The number of hydrogen-bond donors (Lipinski definition) is 0. The number of rotatable bonds is 3. The van der Waals surface area contributed by atoms with Crippen molar-refractivity contribution in [3.63, 3.8) is 0 Å². The van der Waals surface area contributed by atoms with E-state index in [9.17, 15) is 13.2 Å². The lowest BCUT2D eigenvalue weighted by atomic mass is 10.0. The van der Waals surface area contributed by atoms with Crippen LogP contribution in [0, 0.1) is 5.82 Å². The summed E-state index contributed by atoms with van der Waals surface area (Å²) in [6.45, 7) is 0.378. The van der Waals surface area contributed by atoms with Crippen molar-refractivity contribution >= 4 is 11.6 Å². The Morgan fingerprint density at radius 3 is 2.33 bits per heavy atom. The van der Waals surface area contributed by atoms with Gasteiger partial charge >= 0.3 is 6.61 Å². The van der Waals surface area contributed by atoms with Crippen LogP contribution in [0.4, 0.5) is 13.2 Å². The minimum absolute atomic E-state index is 0.0720. The number of alkyl halides is 2. The first-order chi connectivity index (χ1) is 6.93. The highest BCUT2D eigenvalue weighted by molar-refractivity contribution is 6.30. The maximum absolute atomic E-state index is 13.5. The van der Waals surface area contributed by atoms with E-state index in [1.54, 1.807) is 13.8 Å². The molecule has 1 aromatic rings. The summed E-state index contributed by atoms with van der Waals surface area (Å²) in [4.78, 5) is 0. The van der Waals surface area contributed by atoms with E-state index in [2.05, 4.69) is 4.74 Å². The normalized spacial score (nSPS) is 11.2. The fourth-order valence-corrected chi connectivity index (χ4v) is 1.45. The maximum Gasteiger partial charge on any atom is 0.387 e. The van der Waals surface area contributed by atoms with Crippen molar-refractivity contribution in [1.82, 2.24) is 0 Å². The summed E-state index contributed by atoms with van der Waals surface area (Å²) in [7, 11) is 0. The van der Waals surface area contributed by atoms with Gasteiger partial charge in [-0.2, -0.15) is 8.78 Å². The molecular formula is C10H10ClF3O. The molecule has 0 aliphatic carbocycles. The van der Waals surface area contributed by atoms with Crippen LogP contribution in [0.1, 0.15) is 25.3 Å². The third kappa shape index (κ3) is 2.78. The van der Waals surface area contributed by atoms with Gasteiger partial charge in [0, 0.05) is 5.56 Å². The molecule has 0 unspecified atom stereocenters. The van der Waals surface area contributed by atoms with Crippen LogP contribution in [0.2, 0.25) is 5.02 Å². The second-order valence-electron chi connectivity index (χ2n) is 3.31. The fourth-order valence-electron chi connectivity index (χ4n) is 1.29. The van der Waals surface area contributed by atoms with Gasteiger partial charge in [-0.25, -0.2) is 4.39 Å². The summed E-state index contributed by atoms with van der Waals surface area (Å²) in [5.41, 5.74) is 0.0720. The highest BCUT2D eigenvalue weighted by Crippen LogP contribution is 2.33. The van der Waals surface area contributed by atoms with E-state index in [4.69, 9.17) is 11.6 Å². The molecule has 0 fully saturated rings. The Morgan fingerprint density at radius 1 is 1.27 bits per heavy atom. The van der Waals surface area contributed by atoms with E-state index in [1.807, 2.05) is 0 Å². The van der Waals surface area contributed by atoms with E-state index < -0.39 is 12.4 Å². The third-order valence-corrected chi connectivity index (χ3v) is 2.18. The maximum atomic E-state index is 13.5. The molecule has 0 saturated carbocycles. The summed E-state index contributed by atoms with van der Waals surface area (Å²) in [5.74, 6) is -1.15. The molecule has 0 bridgehead atoms. The largest absolute Gasteiger partial charge is 0.434 e. The Balaban J connectivity index is 3.21. The molecule has 0 amide bonds. The molecule has 0 saturated heterocycles. The van der Waals surface area contributed by atoms with Crippen LogP contribution in [0.3, 0.4) is 0 Å². The number of halogens is 4. The second kappa shape index (κ2) is 4.75.